The van der Waals surface area contributed by atoms with Gasteiger partial charge < -0.3 is 20.3 Å². The fourth-order valence-corrected chi connectivity index (χ4v) is 3.33. The quantitative estimate of drug-likeness (QED) is 0.346. The van der Waals surface area contributed by atoms with Crippen molar-refractivity contribution in [3.63, 3.8) is 0 Å². The summed E-state index contributed by atoms with van der Waals surface area (Å²) < 4.78 is 5.16. The lowest BCUT2D eigenvalue weighted by molar-refractivity contribution is 0.121. The number of hydrogen-bond donors (Lipinski definition) is 2. The van der Waals surface area contributed by atoms with E-state index in [1.165, 1.54) is 12.8 Å². The van der Waals surface area contributed by atoms with Crippen LogP contribution in [0, 0.1) is 5.92 Å². The van der Waals surface area contributed by atoms with E-state index in [2.05, 4.69) is 33.5 Å². The molecule has 1 aliphatic rings. The molecule has 1 saturated heterocycles. The topological polar surface area (TPSA) is 48.9 Å². The van der Waals surface area contributed by atoms with Crippen molar-refractivity contribution in [1.82, 2.24) is 15.5 Å². The Bertz CT molecular complexity index is 550. The molecule has 0 spiro atoms. The maximum Gasteiger partial charge on any atom is 0.191 e. The summed E-state index contributed by atoms with van der Waals surface area (Å²) in [5, 5.41) is 7.67. The van der Waals surface area contributed by atoms with Crippen LogP contribution in [-0.2, 0) is 4.74 Å². The van der Waals surface area contributed by atoms with Crippen LogP contribution in [0.1, 0.15) is 31.4 Å². The van der Waals surface area contributed by atoms with Crippen molar-refractivity contribution >= 4 is 41.5 Å². The molecule has 0 aliphatic carbocycles. The Morgan fingerprint density at radius 2 is 2.12 bits per heavy atom. The van der Waals surface area contributed by atoms with E-state index in [0.29, 0.717) is 5.92 Å². The number of guanidine groups is 1. The number of nitrogens with one attached hydrogen (secondary N) is 2. The summed E-state index contributed by atoms with van der Waals surface area (Å²) in [6.07, 6.45) is 2.44. The van der Waals surface area contributed by atoms with Crippen LogP contribution in [0.25, 0.3) is 0 Å². The molecule has 0 radical (unpaired) electrons. The molecule has 1 aromatic rings. The highest BCUT2D eigenvalue weighted by atomic mass is 127. The molecule has 7 heteroatoms. The van der Waals surface area contributed by atoms with Gasteiger partial charge in [-0.05, 0) is 56.5 Å². The number of nitrogens with zero attached hydrogens (tertiary/aromatic N) is 2. The van der Waals surface area contributed by atoms with Gasteiger partial charge in [-0.2, -0.15) is 0 Å². The Morgan fingerprint density at radius 1 is 1.38 bits per heavy atom. The normalized spacial score (nSPS) is 17.5. The van der Waals surface area contributed by atoms with E-state index in [1.807, 2.05) is 25.2 Å². The molecular weight excluding hydrogens is 463 g/mol. The van der Waals surface area contributed by atoms with Gasteiger partial charge in [-0.1, -0.05) is 23.7 Å². The lowest BCUT2D eigenvalue weighted by atomic mass is 9.97. The second-order valence-electron chi connectivity index (χ2n) is 6.65. The van der Waals surface area contributed by atoms with Crippen LogP contribution >= 0.6 is 35.6 Å². The molecule has 5 nitrogen and oxygen atoms in total. The molecule has 1 aromatic carbocycles. The third-order valence-corrected chi connectivity index (χ3v) is 5.04. The van der Waals surface area contributed by atoms with Crippen molar-refractivity contribution in [2.24, 2.45) is 10.9 Å². The van der Waals surface area contributed by atoms with Crippen molar-refractivity contribution in [3.05, 3.63) is 34.9 Å². The fraction of sp³-hybridized carbons (Fsp3) is 0.632. The van der Waals surface area contributed by atoms with E-state index in [1.54, 1.807) is 7.11 Å². The summed E-state index contributed by atoms with van der Waals surface area (Å²) in [6.45, 7) is 7.24. The predicted octanol–water partition coefficient (Wildman–Crippen LogP) is 3.54. The number of aliphatic imine (C=N–C) groups is 1. The van der Waals surface area contributed by atoms with Gasteiger partial charge in [0.1, 0.15) is 0 Å². The fourth-order valence-electron chi connectivity index (χ4n) is 3.13. The highest BCUT2D eigenvalue weighted by Gasteiger charge is 2.19. The number of halogens is 2. The van der Waals surface area contributed by atoms with Gasteiger partial charge in [0.25, 0.3) is 0 Å². The standard InChI is InChI=1S/C19H31ClN4O.HI/c1-15(17-5-4-6-18(20)13-17)23-19(21-2)22-14-16-7-9-24(10-8-16)11-12-25-3;/h4-6,13,15-16H,7-12,14H2,1-3H3,(H2,21,22,23);1H. The third-order valence-electron chi connectivity index (χ3n) is 4.80. The molecule has 0 bridgehead atoms. The number of hydrogen-bond acceptors (Lipinski definition) is 3. The summed E-state index contributed by atoms with van der Waals surface area (Å²) >= 11 is 6.08. The Hall–Kier alpha value is -0.570. The zero-order valence-electron chi connectivity index (χ0n) is 16.0. The molecule has 2 N–H and O–H groups in total. The van der Waals surface area contributed by atoms with E-state index in [-0.39, 0.29) is 30.0 Å². The zero-order chi connectivity index (χ0) is 18.1. The minimum atomic E-state index is 0. The first-order valence-electron chi connectivity index (χ1n) is 9.06. The number of likely N-dealkylation sites (tertiary alicyclic amines) is 1. The summed E-state index contributed by atoms with van der Waals surface area (Å²) in [5.74, 6) is 1.54. The maximum atomic E-state index is 6.08. The van der Waals surface area contributed by atoms with E-state index in [9.17, 15) is 0 Å². The van der Waals surface area contributed by atoms with Crippen molar-refractivity contribution in [3.8, 4) is 0 Å². The first-order chi connectivity index (χ1) is 12.1. The van der Waals surface area contributed by atoms with E-state index >= 15 is 0 Å². The van der Waals surface area contributed by atoms with Crippen LogP contribution in [0.5, 0.6) is 0 Å². The molecule has 0 amide bonds. The molecule has 0 aromatic heterocycles. The molecule has 1 aliphatic heterocycles. The highest BCUT2D eigenvalue weighted by Crippen LogP contribution is 2.18. The van der Waals surface area contributed by atoms with Gasteiger partial charge in [0, 0.05) is 32.3 Å². The lowest BCUT2D eigenvalue weighted by Gasteiger charge is -2.32. The first-order valence-corrected chi connectivity index (χ1v) is 9.44. The molecule has 1 unspecified atom stereocenters. The smallest absolute Gasteiger partial charge is 0.191 e. The number of ether oxygens (including phenoxy) is 1. The summed E-state index contributed by atoms with van der Waals surface area (Å²) in [5.41, 5.74) is 1.15. The van der Waals surface area contributed by atoms with Gasteiger partial charge in [0.2, 0.25) is 0 Å². The van der Waals surface area contributed by atoms with E-state index < -0.39 is 0 Å². The second kappa shape index (κ2) is 12.8. The number of piperidine rings is 1. The van der Waals surface area contributed by atoms with Crippen LogP contribution in [0.4, 0.5) is 0 Å². The van der Waals surface area contributed by atoms with Crippen LogP contribution in [-0.4, -0.2) is 57.8 Å². The molecule has 26 heavy (non-hydrogen) atoms. The number of methoxy groups -OCH3 is 1. The van der Waals surface area contributed by atoms with Gasteiger partial charge in [-0.15, -0.1) is 24.0 Å². The zero-order valence-corrected chi connectivity index (χ0v) is 19.1. The van der Waals surface area contributed by atoms with Crippen molar-refractivity contribution < 1.29 is 4.74 Å². The van der Waals surface area contributed by atoms with E-state index in [4.69, 9.17) is 16.3 Å². The molecule has 1 fully saturated rings. The average molecular weight is 495 g/mol. The van der Waals surface area contributed by atoms with Crippen molar-refractivity contribution in [1.29, 1.82) is 0 Å². The minimum absolute atomic E-state index is 0. The molecule has 1 heterocycles. The van der Waals surface area contributed by atoms with Crippen LogP contribution < -0.4 is 10.6 Å². The number of rotatable bonds is 7. The Kier molecular flexibility index (Phi) is 11.5. The van der Waals surface area contributed by atoms with Gasteiger partial charge in [-0.3, -0.25) is 4.99 Å². The lowest BCUT2D eigenvalue weighted by Crippen LogP contribution is -2.43. The number of benzene rings is 1. The van der Waals surface area contributed by atoms with Gasteiger partial charge in [0.15, 0.2) is 5.96 Å². The Morgan fingerprint density at radius 3 is 2.73 bits per heavy atom. The Balaban J connectivity index is 0.00000338. The molecular formula is C19H32ClIN4O. The van der Waals surface area contributed by atoms with Crippen molar-refractivity contribution in [2.45, 2.75) is 25.8 Å². The third kappa shape index (κ3) is 7.98. The maximum absolute atomic E-state index is 6.08. The molecule has 148 valence electrons. The second-order valence-corrected chi connectivity index (χ2v) is 7.09. The molecule has 1 atom stereocenters. The van der Waals surface area contributed by atoms with Crippen LogP contribution in [0.3, 0.4) is 0 Å². The summed E-state index contributed by atoms with van der Waals surface area (Å²) in [7, 11) is 3.58. The summed E-state index contributed by atoms with van der Waals surface area (Å²) in [6, 6.07) is 8.09. The first kappa shape index (κ1) is 23.5. The molecule has 0 saturated carbocycles. The predicted molar refractivity (Wildman–Crippen MR) is 121 cm³/mol. The summed E-state index contributed by atoms with van der Waals surface area (Å²) in [4.78, 5) is 6.83. The monoisotopic (exact) mass is 494 g/mol. The molecule has 2 rings (SSSR count). The highest BCUT2D eigenvalue weighted by molar-refractivity contribution is 14.0. The average Bonchev–Trinajstić information content (AvgIpc) is 2.64. The van der Waals surface area contributed by atoms with Crippen LogP contribution in [0.2, 0.25) is 5.02 Å². The minimum Gasteiger partial charge on any atom is -0.383 e. The van der Waals surface area contributed by atoms with Gasteiger partial charge in [0.05, 0.1) is 12.6 Å². The van der Waals surface area contributed by atoms with Gasteiger partial charge >= 0.3 is 0 Å². The Labute approximate surface area is 179 Å². The largest absolute Gasteiger partial charge is 0.383 e. The van der Waals surface area contributed by atoms with Gasteiger partial charge in [-0.25, -0.2) is 0 Å². The van der Waals surface area contributed by atoms with E-state index in [0.717, 1.165) is 49.3 Å². The van der Waals surface area contributed by atoms with Crippen molar-refractivity contribution in [2.75, 3.05) is 46.9 Å². The SMILES string of the molecule is CN=C(NCC1CCN(CCOC)CC1)NC(C)c1cccc(Cl)c1.I. The van der Waals surface area contributed by atoms with Crippen LogP contribution in [0.15, 0.2) is 29.3 Å².